The van der Waals surface area contributed by atoms with Crippen molar-refractivity contribution in [1.82, 2.24) is 0 Å². The molecule has 2 N–H and O–H groups in total. The predicted molar refractivity (Wildman–Crippen MR) is 77.6 cm³/mol. The molecule has 0 unspecified atom stereocenters. The molecule has 3 nitrogen and oxygen atoms in total. The molecular weight excluding hydrogens is 268 g/mol. The largest absolute Gasteiger partial charge is 0.375 e. The fourth-order valence-electron chi connectivity index (χ4n) is 1.47. The zero-order valence-corrected chi connectivity index (χ0v) is 11.4. The molecule has 0 aliphatic heterocycles. The van der Waals surface area contributed by atoms with Gasteiger partial charge in [-0.15, -0.1) is 0 Å². The minimum absolute atomic E-state index is 0.0911. The lowest BCUT2D eigenvalue weighted by Gasteiger charge is -2.09. The van der Waals surface area contributed by atoms with Crippen LogP contribution in [0.25, 0.3) is 0 Å². The molecule has 94 valence electrons. The zero-order valence-electron chi connectivity index (χ0n) is 9.87. The lowest BCUT2D eigenvalue weighted by Crippen LogP contribution is -2.21. The molecule has 5 heteroatoms. The Morgan fingerprint density at radius 2 is 2.22 bits per heavy atom. The van der Waals surface area contributed by atoms with E-state index in [0.29, 0.717) is 5.02 Å². The van der Waals surface area contributed by atoms with E-state index in [0.717, 1.165) is 16.9 Å². The third kappa shape index (κ3) is 3.48. The first-order chi connectivity index (χ1) is 8.65. The van der Waals surface area contributed by atoms with Gasteiger partial charge in [-0.05, 0) is 36.1 Å². The zero-order chi connectivity index (χ0) is 13.0. The Kier molecular flexibility index (Phi) is 4.23. The van der Waals surface area contributed by atoms with Crippen LogP contribution in [0.5, 0.6) is 0 Å². The molecule has 2 aromatic rings. The highest BCUT2D eigenvalue weighted by Gasteiger charge is 2.05. The monoisotopic (exact) mass is 280 g/mol. The maximum atomic E-state index is 11.8. The van der Waals surface area contributed by atoms with Gasteiger partial charge in [-0.25, -0.2) is 0 Å². The first-order valence-electron chi connectivity index (χ1n) is 5.47. The van der Waals surface area contributed by atoms with Crippen molar-refractivity contribution in [3.63, 3.8) is 0 Å². The standard InChI is InChI=1S/C13H13ClN2OS/c1-9-2-3-10(14)6-12(9)16-13(17)7-15-11-4-5-18-8-11/h2-6,8,15H,7H2,1H3,(H,16,17). The van der Waals surface area contributed by atoms with E-state index in [1.54, 1.807) is 23.5 Å². The third-order valence-electron chi connectivity index (χ3n) is 2.45. The highest BCUT2D eigenvalue weighted by atomic mass is 35.5. The Balaban J connectivity index is 1.92. The molecule has 0 saturated heterocycles. The van der Waals surface area contributed by atoms with Crippen LogP contribution >= 0.6 is 22.9 Å². The minimum atomic E-state index is -0.0911. The van der Waals surface area contributed by atoms with Crippen LogP contribution in [0.4, 0.5) is 11.4 Å². The molecule has 0 radical (unpaired) electrons. The van der Waals surface area contributed by atoms with Gasteiger partial charge in [0.05, 0.1) is 6.54 Å². The number of carbonyl (C=O) groups excluding carboxylic acids is 1. The van der Waals surface area contributed by atoms with E-state index in [-0.39, 0.29) is 12.5 Å². The van der Waals surface area contributed by atoms with Crippen molar-refractivity contribution in [3.05, 3.63) is 45.6 Å². The summed E-state index contributed by atoms with van der Waals surface area (Å²) in [5.41, 5.74) is 2.70. The van der Waals surface area contributed by atoms with Gasteiger partial charge >= 0.3 is 0 Å². The second kappa shape index (κ2) is 5.89. The summed E-state index contributed by atoms with van der Waals surface area (Å²) in [5, 5.41) is 10.4. The lowest BCUT2D eigenvalue weighted by atomic mass is 10.2. The molecule has 1 heterocycles. The van der Waals surface area contributed by atoms with Crippen molar-refractivity contribution >= 4 is 40.2 Å². The maximum Gasteiger partial charge on any atom is 0.243 e. The molecule has 1 amide bonds. The summed E-state index contributed by atoms with van der Waals surface area (Å²) in [4.78, 5) is 11.8. The predicted octanol–water partition coefficient (Wildman–Crippen LogP) is 3.76. The lowest BCUT2D eigenvalue weighted by molar-refractivity contribution is -0.114. The first-order valence-corrected chi connectivity index (χ1v) is 6.79. The number of benzene rings is 1. The van der Waals surface area contributed by atoms with E-state index in [1.165, 1.54) is 0 Å². The fraction of sp³-hybridized carbons (Fsp3) is 0.154. The summed E-state index contributed by atoms with van der Waals surface area (Å²) in [6, 6.07) is 7.36. The average Bonchev–Trinajstić information content (AvgIpc) is 2.84. The number of anilines is 2. The van der Waals surface area contributed by atoms with Crippen molar-refractivity contribution in [1.29, 1.82) is 0 Å². The smallest absolute Gasteiger partial charge is 0.243 e. The molecule has 0 aliphatic rings. The quantitative estimate of drug-likeness (QED) is 0.895. The van der Waals surface area contributed by atoms with Crippen molar-refractivity contribution in [3.8, 4) is 0 Å². The van der Waals surface area contributed by atoms with Crippen LogP contribution in [0.15, 0.2) is 35.0 Å². The van der Waals surface area contributed by atoms with Crippen molar-refractivity contribution < 1.29 is 4.79 Å². The number of thiophene rings is 1. The van der Waals surface area contributed by atoms with Crippen LogP contribution in [0.2, 0.25) is 5.02 Å². The van der Waals surface area contributed by atoms with E-state index >= 15 is 0 Å². The van der Waals surface area contributed by atoms with E-state index in [4.69, 9.17) is 11.6 Å². The van der Waals surface area contributed by atoms with Gasteiger partial charge in [0, 0.05) is 21.8 Å². The molecule has 0 spiro atoms. The van der Waals surface area contributed by atoms with E-state index in [1.807, 2.05) is 29.8 Å². The third-order valence-corrected chi connectivity index (χ3v) is 3.37. The topological polar surface area (TPSA) is 41.1 Å². The molecule has 2 rings (SSSR count). The number of aryl methyl sites for hydroxylation is 1. The summed E-state index contributed by atoms with van der Waals surface area (Å²) in [6.45, 7) is 2.17. The Labute approximate surface area is 115 Å². The number of rotatable bonds is 4. The number of halogens is 1. The molecule has 0 bridgehead atoms. The van der Waals surface area contributed by atoms with Gasteiger partial charge in [0.15, 0.2) is 0 Å². The van der Waals surface area contributed by atoms with Crippen LogP contribution in [-0.2, 0) is 4.79 Å². The van der Waals surface area contributed by atoms with E-state index in [9.17, 15) is 4.79 Å². The molecular formula is C13H13ClN2OS. The Bertz CT molecular complexity index is 540. The maximum absolute atomic E-state index is 11.8. The Hall–Kier alpha value is -1.52. The number of amides is 1. The number of hydrogen-bond donors (Lipinski definition) is 2. The molecule has 1 aromatic heterocycles. The second-order valence-corrected chi connectivity index (χ2v) is 5.09. The summed E-state index contributed by atoms with van der Waals surface area (Å²) in [6.07, 6.45) is 0. The van der Waals surface area contributed by atoms with Crippen LogP contribution in [0, 0.1) is 6.92 Å². The summed E-state index contributed by atoms with van der Waals surface area (Å²) in [7, 11) is 0. The molecule has 0 saturated carbocycles. The second-order valence-electron chi connectivity index (χ2n) is 3.87. The minimum Gasteiger partial charge on any atom is -0.375 e. The molecule has 0 aliphatic carbocycles. The molecule has 18 heavy (non-hydrogen) atoms. The van der Waals surface area contributed by atoms with Crippen molar-refractivity contribution in [2.45, 2.75) is 6.92 Å². The van der Waals surface area contributed by atoms with Gasteiger partial charge in [-0.1, -0.05) is 17.7 Å². The number of nitrogens with one attached hydrogen (secondary N) is 2. The highest BCUT2D eigenvalue weighted by molar-refractivity contribution is 7.08. The molecule has 0 atom stereocenters. The summed E-state index contributed by atoms with van der Waals surface area (Å²) < 4.78 is 0. The Morgan fingerprint density at radius 3 is 2.94 bits per heavy atom. The molecule has 1 aromatic carbocycles. The van der Waals surface area contributed by atoms with E-state index in [2.05, 4.69) is 10.6 Å². The molecule has 0 fully saturated rings. The number of hydrogen-bond acceptors (Lipinski definition) is 3. The summed E-state index contributed by atoms with van der Waals surface area (Å²) in [5.74, 6) is -0.0911. The van der Waals surface area contributed by atoms with Gasteiger partial charge in [-0.2, -0.15) is 11.3 Å². The van der Waals surface area contributed by atoms with Gasteiger partial charge in [-0.3, -0.25) is 4.79 Å². The van der Waals surface area contributed by atoms with E-state index < -0.39 is 0 Å². The SMILES string of the molecule is Cc1ccc(Cl)cc1NC(=O)CNc1ccsc1. The number of carbonyl (C=O) groups is 1. The van der Waals surface area contributed by atoms with Crippen molar-refractivity contribution in [2.24, 2.45) is 0 Å². The Morgan fingerprint density at radius 1 is 1.39 bits per heavy atom. The average molecular weight is 281 g/mol. The highest BCUT2D eigenvalue weighted by Crippen LogP contribution is 2.20. The normalized spacial score (nSPS) is 10.1. The first kappa shape index (κ1) is 12.9. The van der Waals surface area contributed by atoms with Gasteiger partial charge in [0.1, 0.15) is 0 Å². The van der Waals surface area contributed by atoms with Crippen LogP contribution in [-0.4, -0.2) is 12.5 Å². The van der Waals surface area contributed by atoms with Gasteiger partial charge in [0.25, 0.3) is 0 Å². The van der Waals surface area contributed by atoms with Crippen LogP contribution in [0.3, 0.4) is 0 Å². The summed E-state index contributed by atoms with van der Waals surface area (Å²) >= 11 is 7.48. The van der Waals surface area contributed by atoms with Crippen LogP contribution in [0.1, 0.15) is 5.56 Å². The van der Waals surface area contributed by atoms with Gasteiger partial charge < -0.3 is 10.6 Å². The van der Waals surface area contributed by atoms with Crippen molar-refractivity contribution in [2.75, 3.05) is 17.2 Å². The fourth-order valence-corrected chi connectivity index (χ4v) is 2.26. The van der Waals surface area contributed by atoms with Crippen LogP contribution < -0.4 is 10.6 Å². The van der Waals surface area contributed by atoms with Gasteiger partial charge in [0.2, 0.25) is 5.91 Å².